The molecule has 0 aromatic carbocycles. The van der Waals surface area contributed by atoms with Crippen LogP contribution in [0.25, 0.3) is 0 Å². The van der Waals surface area contributed by atoms with Gasteiger partial charge in [0.1, 0.15) is 0 Å². The Morgan fingerprint density at radius 3 is 2.12 bits per heavy atom. The van der Waals surface area contributed by atoms with Crippen LogP contribution in [-0.2, 0) is 9.47 Å². The number of β-amino-alcohol motifs (C(OH)–C–C–N with tert-alkyl or cyclic N) is 1. The highest BCUT2D eigenvalue weighted by atomic mass is 16.5. The molecule has 5 fully saturated rings. The molecule has 1 heterocycles. The lowest BCUT2D eigenvalue weighted by Gasteiger charge is -2.56. The minimum Gasteiger partial charge on any atom is -0.389 e. The zero-order chi connectivity index (χ0) is 18.1. The lowest BCUT2D eigenvalue weighted by Crippen LogP contribution is -2.52. The fraction of sp³-hybridized carbons (Fsp3) is 1.00. The van der Waals surface area contributed by atoms with E-state index in [0.717, 1.165) is 24.3 Å². The second kappa shape index (κ2) is 8.06. The van der Waals surface area contributed by atoms with Crippen LogP contribution in [0.1, 0.15) is 71.6 Å². The SMILES string of the molecule is C[C@@H]1CCC[C@H](C)N1C[C@H](O)COCCOC12CC3CC(CC(C3)C1)C2. The summed E-state index contributed by atoms with van der Waals surface area (Å²) >= 11 is 0. The van der Waals surface area contributed by atoms with Crippen LogP contribution in [-0.4, -0.2) is 60.2 Å². The second-order valence-corrected chi connectivity index (χ2v) is 10.0. The van der Waals surface area contributed by atoms with Crippen molar-refractivity contribution in [1.29, 1.82) is 0 Å². The summed E-state index contributed by atoms with van der Waals surface area (Å²) in [4.78, 5) is 2.45. The first-order valence-electron chi connectivity index (χ1n) is 11.2. The van der Waals surface area contributed by atoms with Crippen LogP contribution in [0.4, 0.5) is 0 Å². The maximum absolute atomic E-state index is 10.4. The van der Waals surface area contributed by atoms with E-state index in [0.29, 0.717) is 31.9 Å². The average Bonchev–Trinajstić information content (AvgIpc) is 2.57. The first-order chi connectivity index (χ1) is 12.5. The minimum absolute atomic E-state index is 0.176. The smallest absolute Gasteiger partial charge is 0.0900 e. The van der Waals surface area contributed by atoms with Crippen LogP contribution in [0.2, 0.25) is 0 Å². The summed E-state index contributed by atoms with van der Waals surface area (Å²) in [5, 5.41) is 10.4. The van der Waals surface area contributed by atoms with Gasteiger partial charge in [-0.3, -0.25) is 4.90 Å². The molecule has 0 aromatic heterocycles. The van der Waals surface area contributed by atoms with Crippen molar-refractivity contribution in [2.75, 3.05) is 26.4 Å². The van der Waals surface area contributed by atoms with E-state index in [2.05, 4.69) is 18.7 Å². The molecule has 0 radical (unpaired) electrons. The molecule has 150 valence electrons. The van der Waals surface area contributed by atoms with Gasteiger partial charge in [0.15, 0.2) is 0 Å². The van der Waals surface area contributed by atoms with Crippen molar-refractivity contribution in [2.45, 2.75) is 95.4 Å². The molecule has 0 amide bonds. The first-order valence-corrected chi connectivity index (χ1v) is 11.2. The van der Waals surface area contributed by atoms with Gasteiger partial charge in [0.2, 0.25) is 0 Å². The van der Waals surface area contributed by atoms with Gasteiger partial charge in [-0.25, -0.2) is 0 Å². The Morgan fingerprint density at radius 2 is 1.54 bits per heavy atom. The second-order valence-electron chi connectivity index (χ2n) is 10.0. The molecule has 1 N–H and O–H groups in total. The van der Waals surface area contributed by atoms with Crippen LogP contribution in [0, 0.1) is 17.8 Å². The van der Waals surface area contributed by atoms with Crippen molar-refractivity contribution in [3.05, 3.63) is 0 Å². The van der Waals surface area contributed by atoms with Crippen molar-refractivity contribution in [3.8, 4) is 0 Å². The third kappa shape index (κ3) is 4.29. The fourth-order valence-corrected chi connectivity index (χ4v) is 6.88. The van der Waals surface area contributed by atoms with Crippen LogP contribution in [0.5, 0.6) is 0 Å². The Hall–Kier alpha value is -0.160. The Kier molecular flexibility index (Phi) is 5.95. The Labute approximate surface area is 159 Å². The molecule has 26 heavy (non-hydrogen) atoms. The summed E-state index contributed by atoms with van der Waals surface area (Å²) in [6, 6.07) is 1.15. The van der Waals surface area contributed by atoms with E-state index in [-0.39, 0.29) is 5.60 Å². The predicted octanol–water partition coefficient (Wildman–Crippen LogP) is 3.61. The molecule has 1 saturated heterocycles. The maximum Gasteiger partial charge on any atom is 0.0900 e. The molecule has 0 aromatic rings. The van der Waals surface area contributed by atoms with Gasteiger partial charge < -0.3 is 14.6 Å². The topological polar surface area (TPSA) is 41.9 Å². The maximum atomic E-state index is 10.4. The number of likely N-dealkylation sites (tertiary alicyclic amines) is 1. The Bertz CT molecular complexity index is 423. The van der Waals surface area contributed by atoms with Crippen LogP contribution < -0.4 is 0 Å². The van der Waals surface area contributed by atoms with Gasteiger partial charge in [-0.2, -0.15) is 0 Å². The van der Waals surface area contributed by atoms with Crippen molar-refractivity contribution in [3.63, 3.8) is 0 Å². The Balaban J connectivity index is 1.13. The van der Waals surface area contributed by atoms with Gasteiger partial charge in [0.25, 0.3) is 0 Å². The third-order valence-electron chi connectivity index (χ3n) is 7.73. The van der Waals surface area contributed by atoms with Crippen LogP contribution >= 0.6 is 0 Å². The van der Waals surface area contributed by atoms with E-state index in [1.807, 2.05) is 0 Å². The first kappa shape index (κ1) is 19.2. The fourth-order valence-electron chi connectivity index (χ4n) is 6.88. The summed E-state index contributed by atoms with van der Waals surface area (Å²) in [7, 11) is 0. The minimum atomic E-state index is -0.391. The highest BCUT2D eigenvalue weighted by molar-refractivity contribution is 5.03. The number of ether oxygens (including phenoxy) is 2. The van der Waals surface area contributed by atoms with Crippen LogP contribution in [0.15, 0.2) is 0 Å². The van der Waals surface area contributed by atoms with Gasteiger partial charge >= 0.3 is 0 Å². The zero-order valence-electron chi connectivity index (χ0n) is 16.9. The molecule has 3 atom stereocenters. The third-order valence-corrected chi connectivity index (χ3v) is 7.73. The van der Waals surface area contributed by atoms with E-state index in [1.54, 1.807) is 0 Å². The molecule has 4 aliphatic carbocycles. The summed E-state index contributed by atoms with van der Waals surface area (Å²) in [6.45, 7) is 7.03. The molecule has 1 aliphatic heterocycles. The van der Waals surface area contributed by atoms with Crippen molar-refractivity contribution < 1.29 is 14.6 Å². The normalized spacial score (nSPS) is 43.7. The predicted molar refractivity (Wildman–Crippen MR) is 103 cm³/mol. The van der Waals surface area contributed by atoms with Crippen molar-refractivity contribution in [2.24, 2.45) is 17.8 Å². The number of aliphatic hydroxyl groups excluding tert-OH is 1. The largest absolute Gasteiger partial charge is 0.389 e. The lowest BCUT2D eigenvalue weighted by molar-refractivity contribution is -0.170. The summed E-state index contributed by atoms with van der Waals surface area (Å²) in [5.74, 6) is 2.78. The highest BCUT2D eigenvalue weighted by Gasteiger charge is 2.51. The molecule has 4 heteroatoms. The average molecular weight is 366 g/mol. The number of hydrogen-bond donors (Lipinski definition) is 1. The molecule has 4 saturated carbocycles. The molecule has 4 bridgehead atoms. The quantitative estimate of drug-likeness (QED) is 0.667. The molecule has 0 unspecified atom stereocenters. The van der Waals surface area contributed by atoms with E-state index in [4.69, 9.17) is 9.47 Å². The van der Waals surface area contributed by atoms with Crippen molar-refractivity contribution in [1.82, 2.24) is 4.90 Å². The number of nitrogens with zero attached hydrogens (tertiary/aromatic N) is 1. The number of aliphatic hydroxyl groups is 1. The molecule has 4 nitrogen and oxygen atoms in total. The number of rotatable bonds is 8. The summed E-state index contributed by atoms with van der Waals surface area (Å²) in [6.07, 6.45) is 11.6. The van der Waals surface area contributed by atoms with E-state index >= 15 is 0 Å². The standard InChI is InChI=1S/C22H39NO3/c1-16-4-3-5-17(2)23(16)14-21(24)15-25-6-7-26-22-11-18-8-19(12-22)10-20(9-18)13-22/h16-21,24H,3-15H2,1-2H3/t16-,17+,18?,19?,20?,21-,22?/m0/s1. The van der Waals surface area contributed by atoms with Crippen molar-refractivity contribution >= 4 is 0 Å². The molecule has 5 aliphatic rings. The van der Waals surface area contributed by atoms with E-state index in [9.17, 15) is 5.11 Å². The number of piperidine rings is 1. The summed E-state index contributed by atoms with van der Waals surface area (Å²) in [5.41, 5.74) is 0.176. The monoisotopic (exact) mass is 365 g/mol. The lowest BCUT2D eigenvalue weighted by atomic mass is 9.54. The molecule has 0 spiro atoms. The zero-order valence-corrected chi connectivity index (χ0v) is 16.9. The summed E-state index contributed by atoms with van der Waals surface area (Å²) < 4.78 is 12.2. The Morgan fingerprint density at radius 1 is 0.962 bits per heavy atom. The molecular weight excluding hydrogens is 326 g/mol. The van der Waals surface area contributed by atoms with Gasteiger partial charge in [0.05, 0.1) is 31.5 Å². The van der Waals surface area contributed by atoms with Crippen LogP contribution in [0.3, 0.4) is 0 Å². The van der Waals surface area contributed by atoms with Gasteiger partial charge in [-0.1, -0.05) is 6.42 Å². The molecular formula is C22H39NO3. The van der Waals surface area contributed by atoms with Gasteiger partial charge in [-0.15, -0.1) is 0 Å². The molecule has 5 rings (SSSR count). The van der Waals surface area contributed by atoms with E-state index < -0.39 is 6.10 Å². The van der Waals surface area contributed by atoms with Gasteiger partial charge in [-0.05, 0) is 83.0 Å². The van der Waals surface area contributed by atoms with Gasteiger partial charge in [0, 0.05) is 18.6 Å². The van der Waals surface area contributed by atoms with E-state index in [1.165, 1.54) is 57.8 Å². The highest BCUT2D eigenvalue weighted by Crippen LogP contribution is 2.57. The number of hydrogen-bond acceptors (Lipinski definition) is 4.